The average molecular weight is 350 g/mol. The van der Waals surface area contributed by atoms with Crippen molar-refractivity contribution < 1.29 is 26.6 Å². The van der Waals surface area contributed by atoms with Crippen molar-refractivity contribution in [3.63, 3.8) is 0 Å². The monoisotopic (exact) mass is 351 g/mol. The Morgan fingerprint density at radius 3 is 0.750 bits per heavy atom. The summed E-state index contributed by atoms with van der Waals surface area (Å²) in [5, 5.41) is 0. The first-order valence-electron chi connectivity index (χ1n) is 1.01. The smallest absolute Gasteiger partial charge is 0 e. The predicted octanol–water partition coefficient (Wildman–Crippen LogP) is 3.11. The summed E-state index contributed by atoms with van der Waals surface area (Å²) in [6.07, 6.45) is 0. The van der Waals surface area contributed by atoms with Crippen molar-refractivity contribution in [2.24, 2.45) is 0 Å². The number of hydrogen-bond acceptors (Lipinski definition) is 0. The van der Waals surface area contributed by atoms with Crippen LogP contribution >= 0.6 is 7.81 Å². The standard InChI is InChI=1S/F6P.Tl/c1-7(2,3,4,5)6;/q-1;/p+1. The van der Waals surface area contributed by atoms with E-state index in [0.29, 0.717) is 0 Å². The molecule has 0 rings (SSSR count). The van der Waals surface area contributed by atoms with Crippen molar-refractivity contribution >= 4 is 35.1 Å². The molecule has 0 spiro atoms. The molecule has 0 aromatic rings. The van der Waals surface area contributed by atoms with Crippen LogP contribution in [0.3, 0.4) is 0 Å². The molecule has 0 aromatic carbocycles. The van der Waals surface area contributed by atoms with Gasteiger partial charge in [-0.3, -0.25) is 0 Å². The summed E-state index contributed by atoms with van der Waals surface area (Å²) in [5.74, 6) is 0. The van der Waals surface area contributed by atoms with Gasteiger partial charge in [0.2, 0.25) is 0 Å². The molecule has 1 radical (unpaired) electrons. The zero-order chi connectivity index (χ0) is 6.41. The van der Waals surface area contributed by atoms with Gasteiger partial charge < -0.3 is 0 Å². The number of hydrogen-bond donors (Lipinski definition) is 0. The molecule has 0 amide bonds. The second kappa shape index (κ2) is 1.50. The zero-order valence-electron chi connectivity index (χ0n) is 4.29. The van der Waals surface area contributed by atoms with Gasteiger partial charge in [0, 0.05) is 27.3 Å². The first kappa shape index (κ1) is 11.7. The quantitative estimate of drug-likeness (QED) is 0.358. The minimum absolute atomic E-state index is 0. The topological polar surface area (TPSA) is 0 Å². The van der Waals surface area contributed by atoms with E-state index in [9.17, 15) is 25.2 Å². The number of rotatable bonds is 0. The molecule has 0 aliphatic rings. The van der Waals surface area contributed by atoms with Crippen LogP contribution in [0.4, 0.5) is 25.2 Å². The molecule has 8 heteroatoms. The van der Waals surface area contributed by atoms with Gasteiger partial charge in [0.25, 0.3) is 0 Å². The van der Waals surface area contributed by atoms with Gasteiger partial charge in [0.05, 0.1) is 0 Å². The van der Waals surface area contributed by atoms with Crippen LogP contribution in [0.25, 0.3) is 0 Å². The largest absolute Gasteiger partial charge is 1.00 e. The van der Waals surface area contributed by atoms with Crippen LogP contribution in [0.1, 0.15) is 1.43 Å². The van der Waals surface area contributed by atoms with Gasteiger partial charge in [-0.25, -0.2) is 0 Å². The van der Waals surface area contributed by atoms with Crippen LogP contribution < -0.4 is 0 Å². The van der Waals surface area contributed by atoms with Gasteiger partial charge in [-0.1, -0.05) is 0 Å². The normalized spacial score (nSPS) is 20.2. The Morgan fingerprint density at radius 2 is 0.750 bits per heavy atom. The van der Waals surface area contributed by atoms with Gasteiger partial charge in [0.1, 0.15) is 0 Å². The third kappa shape index (κ3) is 281. The molecular formula is HF6PTl. The van der Waals surface area contributed by atoms with E-state index < -0.39 is 7.81 Å². The van der Waals surface area contributed by atoms with Crippen LogP contribution in [-0.4, -0.2) is 27.3 Å². The molecule has 51 valence electrons. The fourth-order valence-electron chi connectivity index (χ4n) is 0. The van der Waals surface area contributed by atoms with E-state index in [1.807, 2.05) is 0 Å². The summed E-state index contributed by atoms with van der Waals surface area (Å²) in [6, 6.07) is 0. The van der Waals surface area contributed by atoms with Crippen molar-refractivity contribution in [3.8, 4) is 0 Å². The summed E-state index contributed by atoms with van der Waals surface area (Å²) in [7, 11) is -10.7. The molecule has 0 heterocycles. The molecule has 0 aliphatic carbocycles. The maximum Gasteiger partial charge on any atom is 1.00 e. The Bertz CT molecular complexity index is 71.6. The minimum Gasteiger partial charge on any atom is 0 e. The van der Waals surface area contributed by atoms with Crippen LogP contribution in [0, 0.1) is 0 Å². The van der Waals surface area contributed by atoms with Crippen LogP contribution in [0.2, 0.25) is 0 Å². The summed E-state index contributed by atoms with van der Waals surface area (Å²) >= 11 is 0. The summed E-state index contributed by atoms with van der Waals surface area (Å²) in [6.45, 7) is 0. The predicted molar refractivity (Wildman–Crippen MR) is 20.4 cm³/mol. The SMILES string of the molecule is F[P-](F)(F)(F)(F)F.[H+].[Tl]. The fourth-order valence-corrected chi connectivity index (χ4v) is 0. The average Bonchev–Trinajstić information content (AvgIpc) is 0.592. The van der Waals surface area contributed by atoms with Crippen molar-refractivity contribution in [2.75, 3.05) is 0 Å². The Morgan fingerprint density at radius 1 is 0.750 bits per heavy atom. The first-order valence-corrected chi connectivity index (χ1v) is 3.04. The molecule has 0 aromatic heterocycles. The van der Waals surface area contributed by atoms with Gasteiger partial charge in [-0.15, -0.1) is 0 Å². The van der Waals surface area contributed by atoms with E-state index in [4.69, 9.17) is 0 Å². The van der Waals surface area contributed by atoms with E-state index in [2.05, 4.69) is 0 Å². The molecule has 0 saturated carbocycles. The third-order valence-electron chi connectivity index (χ3n) is 0. The molecular weight excluding hydrogens is 349 g/mol. The van der Waals surface area contributed by atoms with Gasteiger partial charge in [-0.2, -0.15) is 0 Å². The Balaban J connectivity index is -0.000000180. The van der Waals surface area contributed by atoms with Crippen molar-refractivity contribution in [1.29, 1.82) is 0 Å². The molecule has 0 fully saturated rings. The third-order valence-corrected chi connectivity index (χ3v) is 0. The minimum atomic E-state index is -10.7. The van der Waals surface area contributed by atoms with Crippen molar-refractivity contribution in [2.45, 2.75) is 0 Å². The molecule has 0 unspecified atom stereocenters. The zero-order valence-corrected chi connectivity index (χ0v) is 8.68. The van der Waals surface area contributed by atoms with Gasteiger partial charge in [-0.05, 0) is 0 Å². The van der Waals surface area contributed by atoms with E-state index in [1.165, 1.54) is 0 Å². The Labute approximate surface area is 62.1 Å². The van der Waals surface area contributed by atoms with E-state index in [-0.39, 0.29) is 28.7 Å². The second-order valence-electron chi connectivity index (χ2n) is 0.958. The molecule has 0 atom stereocenters. The summed E-state index contributed by atoms with van der Waals surface area (Å²) < 4.78 is 59.2. The van der Waals surface area contributed by atoms with E-state index in [1.54, 1.807) is 0 Å². The molecule has 0 nitrogen and oxygen atoms in total. The van der Waals surface area contributed by atoms with Crippen LogP contribution in [0.5, 0.6) is 0 Å². The Kier molecular flexibility index (Phi) is 2.20. The maximum absolute atomic E-state index is 10.7. The summed E-state index contributed by atoms with van der Waals surface area (Å²) in [5.41, 5.74) is 0. The molecule has 0 saturated heterocycles. The van der Waals surface area contributed by atoms with E-state index >= 15 is 0 Å². The maximum atomic E-state index is 9.87. The molecule has 8 heavy (non-hydrogen) atoms. The van der Waals surface area contributed by atoms with Gasteiger partial charge in [0.15, 0.2) is 0 Å². The van der Waals surface area contributed by atoms with Crippen LogP contribution in [0.15, 0.2) is 0 Å². The first-order chi connectivity index (χ1) is 2.45. The molecule has 0 N–H and O–H groups in total. The summed E-state index contributed by atoms with van der Waals surface area (Å²) in [4.78, 5) is 0. The van der Waals surface area contributed by atoms with E-state index in [0.717, 1.165) is 0 Å². The Hall–Kier alpha value is 0.932. The fraction of sp³-hybridized carbons (Fsp3) is 0. The van der Waals surface area contributed by atoms with Gasteiger partial charge >= 0.3 is 34.4 Å². The molecule has 0 aliphatic heterocycles. The molecule has 0 bridgehead atoms. The van der Waals surface area contributed by atoms with Crippen molar-refractivity contribution in [1.82, 2.24) is 0 Å². The second-order valence-corrected chi connectivity index (χ2v) is 2.87. The van der Waals surface area contributed by atoms with Crippen molar-refractivity contribution in [3.05, 3.63) is 0 Å². The number of halogens is 6. The van der Waals surface area contributed by atoms with Crippen LogP contribution in [-0.2, 0) is 0 Å².